The molecule has 20 heavy (non-hydrogen) atoms. The molecule has 0 aliphatic carbocycles. The molecular weight excluding hydrogens is 262 g/mol. The highest BCUT2D eigenvalue weighted by molar-refractivity contribution is 5.76. The molecule has 0 radical (unpaired) electrons. The minimum absolute atomic E-state index is 0.0296. The highest BCUT2D eigenvalue weighted by Crippen LogP contribution is 2.29. The third-order valence-corrected chi connectivity index (χ3v) is 2.60. The van der Waals surface area contributed by atoms with Crippen LogP contribution in [0.1, 0.15) is 5.56 Å². The van der Waals surface area contributed by atoms with Gasteiger partial charge in [0.1, 0.15) is 0 Å². The number of hydrogen-bond donors (Lipinski definition) is 4. The topological polar surface area (TPSA) is 113 Å². The Balaban J connectivity index is 2.09. The van der Waals surface area contributed by atoms with Gasteiger partial charge in [-0.15, -0.1) is 0 Å². The number of phenols is 3. The smallest absolute Gasteiger partial charge is 0.315 e. The van der Waals surface area contributed by atoms with Crippen LogP contribution in [-0.2, 0) is 11.2 Å². The van der Waals surface area contributed by atoms with Gasteiger partial charge in [0.05, 0.1) is 6.42 Å². The number of nitrogen functional groups attached to an aromatic ring is 1. The lowest BCUT2D eigenvalue weighted by atomic mass is 10.1. The van der Waals surface area contributed by atoms with Gasteiger partial charge in [-0.25, -0.2) is 0 Å². The van der Waals surface area contributed by atoms with Crippen LogP contribution >= 0.6 is 0 Å². The van der Waals surface area contributed by atoms with Crippen molar-refractivity contribution in [2.45, 2.75) is 6.42 Å². The van der Waals surface area contributed by atoms with Gasteiger partial charge in [-0.1, -0.05) is 6.07 Å². The Hall–Kier alpha value is -2.89. The zero-order valence-electron chi connectivity index (χ0n) is 10.4. The Morgan fingerprint density at radius 1 is 1.00 bits per heavy atom. The van der Waals surface area contributed by atoms with Crippen LogP contribution in [0.3, 0.4) is 0 Å². The van der Waals surface area contributed by atoms with Crippen LogP contribution in [0.15, 0.2) is 36.4 Å². The summed E-state index contributed by atoms with van der Waals surface area (Å²) in [7, 11) is 0. The molecule has 6 heteroatoms. The first-order valence-corrected chi connectivity index (χ1v) is 5.76. The van der Waals surface area contributed by atoms with Crippen molar-refractivity contribution in [1.29, 1.82) is 0 Å². The fourth-order valence-corrected chi connectivity index (χ4v) is 1.62. The van der Waals surface area contributed by atoms with Crippen molar-refractivity contribution < 1.29 is 24.9 Å². The average molecular weight is 275 g/mol. The van der Waals surface area contributed by atoms with Gasteiger partial charge in [-0.2, -0.15) is 0 Å². The molecule has 0 aliphatic heterocycles. The van der Waals surface area contributed by atoms with E-state index in [1.165, 1.54) is 36.4 Å². The monoisotopic (exact) mass is 275 g/mol. The molecule has 0 amide bonds. The number of hydrogen-bond acceptors (Lipinski definition) is 6. The van der Waals surface area contributed by atoms with Crippen molar-refractivity contribution in [3.8, 4) is 23.0 Å². The van der Waals surface area contributed by atoms with Crippen LogP contribution in [0, 0.1) is 0 Å². The van der Waals surface area contributed by atoms with Crippen LogP contribution in [0.2, 0.25) is 0 Å². The van der Waals surface area contributed by atoms with Crippen LogP contribution in [0.25, 0.3) is 0 Å². The molecule has 0 heterocycles. The summed E-state index contributed by atoms with van der Waals surface area (Å²) in [6.45, 7) is 0. The molecule has 2 aromatic rings. The van der Waals surface area contributed by atoms with E-state index in [4.69, 9.17) is 15.6 Å². The Morgan fingerprint density at radius 2 is 1.70 bits per heavy atom. The first kappa shape index (κ1) is 13.5. The van der Waals surface area contributed by atoms with Crippen molar-refractivity contribution >= 4 is 11.7 Å². The Labute approximate surface area is 114 Å². The molecule has 2 aromatic carbocycles. The van der Waals surface area contributed by atoms with Gasteiger partial charge in [-0.3, -0.25) is 4.79 Å². The summed E-state index contributed by atoms with van der Waals surface area (Å²) in [6.07, 6.45) is -0.123. The lowest BCUT2D eigenvalue weighted by Crippen LogP contribution is -2.11. The second-order valence-electron chi connectivity index (χ2n) is 4.20. The Morgan fingerprint density at radius 3 is 2.40 bits per heavy atom. The lowest BCUT2D eigenvalue weighted by Gasteiger charge is -2.07. The van der Waals surface area contributed by atoms with Crippen molar-refractivity contribution in [3.63, 3.8) is 0 Å². The van der Waals surface area contributed by atoms with Gasteiger partial charge in [0.25, 0.3) is 0 Å². The van der Waals surface area contributed by atoms with E-state index in [-0.39, 0.29) is 29.4 Å². The largest absolute Gasteiger partial charge is 0.504 e. The molecule has 104 valence electrons. The molecule has 0 aliphatic rings. The van der Waals surface area contributed by atoms with E-state index in [2.05, 4.69) is 0 Å². The minimum Gasteiger partial charge on any atom is -0.504 e. The highest BCUT2D eigenvalue weighted by atomic mass is 16.5. The molecule has 0 spiro atoms. The maximum atomic E-state index is 11.7. The van der Waals surface area contributed by atoms with Crippen molar-refractivity contribution in [2.75, 3.05) is 5.73 Å². The second kappa shape index (κ2) is 5.40. The molecule has 0 fully saturated rings. The number of nitrogens with two attached hydrogens (primary N) is 1. The van der Waals surface area contributed by atoms with E-state index in [1.54, 1.807) is 0 Å². The number of benzene rings is 2. The highest BCUT2D eigenvalue weighted by Gasteiger charge is 2.11. The maximum Gasteiger partial charge on any atom is 0.315 e. The Kier molecular flexibility index (Phi) is 3.65. The molecule has 0 saturated heterocycles. The minimum atomic E-state index is -0.629. The van der Waals surface area contributed by atoms with E-state index in [9.17, 15) is 15.0 Å². The summed E-state index contributed by atoms with van der Waals surface area (Å²) in [5.41, 5.74) is 6.35. The number of carbonyl (C=O) groups is 1. The third-order valence-electron chi connectivity index (χ3n) is 2.60. The SMILES string of the molecule is Nc1ccc(O)c(OC(=O)Cc2ccc(O)c(O)c2)c1. The molecule has 0 atom stereocenters. The number of carbonyl (C=O) groups excluding carboxylic acids is 1. The third kappa shape index (κ3) is 3.11. The molecule has 0 aromatic heterocycles. The second-order valence-corrected chi connectivity index (χ2v) is 4.20. The summed E-state index contributed by atoms with van der Waals surface area (Å²) in [4.78, 5) is 11.7. The van der Waals surface area contributed by atoms with Gasteiger partial charge < -0.3 is 25.8 Å². The van der Waals surface area contributed by atoms with E-state index in [0.29, 0.717) is 11.3 Å². The summed E-state index contributed by atoms with van der Waals surface area (Å²) >= 11 is 0. The lowest BCUT2D eigenvalue weighted by molar-refractivity contribution is -0.133. The molecule has 5 N–H and O–H groups in total. The maximum absolute atomic E-state index is 11.7. The van der Waals surface area contributed by atoms with Crippen LogP contribution < -0.4 is 10.5 Å². The predicted molar refractivity (Wildman–Crippen MR) is 71.6 cm³/mol. The summed E-state index contributed by atoms with van der Waals surface area (Å²) in [5, 5.41) is 28.0. The number of anilines is 1. The number of ether oxygens (including phenoxy) is 1. The molecule has 6 nitrogen and oxygen atoms in total. The molecule has 2 rings (SSSR count). The van der Waals surface area contributed by atoms with E-state index in [1.807, 2.05) is 0 Å². The van der Waals surface area contributed by atoms with Gasteiger partial charge in [-0.05, 0) is 29.8 Å². The van der Waals surface area contributed by atoms with Gasteiger partial charge >= 0.3 is 5.97 Å². The van der Waals surface area contributed by atoms with Crippen molar-refractivity contribution in [2.24, 2.45) is 0 Å². The standard InChI is InChI=1S/C14H13NO5/c15-9-2-4-11(17)13(7-9)20-14(19)6-8-1-3-10(16)12(18)5-8/h1-5,7,16-18H,6,15H2. The van der Waals surface area contributed by atoms with Crippen LogP contribution in [0.5, 0.6) is 23.0 Å². The first-order valence-electron chi connectivity index (χ1n) is 5.76. The zero-order chi connectivity index (χ0) is 14.7. The quantitative estimate of drug-likeness (QED) is 0.222. The molecule has 0 bridgehead atoms. The van der Waals surface area contributed by atoms with Crippen LogP contribution in [-0.4, -0.2) is 21.3 Å². The van der Waals surface area contributed by atoms with Gasteiger partial charge in [0, 0.05) is 11.8 Å². The Bertz CT molecular complexity index is 654. The summed E-state index contributed by atoms with van der Waals surface area (Å²) in [6, 6.07) is 8.15. The number of esters is 1. The van der Waals surface area contributed by atoms with Crippen molar-refractivity contribution in [3.05, 3.63) is 42.0 Å². The van der Waals surface area contributed by atoms with Crippen molar-refractivity contribution in [1.82, 2.24) is 0 Å². The summed E-state index contributed by atoms with van der Waals surface area (Å²) in [5.74, 6) is -1.44. The number of aromatic hydroxyl groups is 3. The molecular formula is C14H13NO5. The normalized spacial score (nSPS) is 10.2. The van der Waals surface area contributed by atoms with E-state index < -0.39 is 5.97 Å². The fraction of sp³-hybridized carbons (Fsp3) is 0.0714. The number of rotatable bonds is 3. The van der Waals surface area contributed by atoms with E-state index >= 15 is 0 Å². The predicted octanol–water partition coefficient (Wildman–Crippen LogP) is 1.53. The number of phenolic OH excluding ortho intramolecular Hbond substituents is 3. The summed E-state index contributed by atoms with van der Waals surface area (Å²) < 4.78 is 4.99. The van der Waals surface area contributed by atoms with E-state index in [0.717, 1.165) is 0 Å². The van der Waals surface area contributed by atoms with Crippen LogP contribution in [0.4, 0.5) is 5.69 Å². The zero-order valence-corrected chi connectivity index (χ0v) is 10.4. The average Bonchev–Trinajstić information content (AvgIpc) is 2.38. The fourth-order valence-electron chi connectivity index (χ4n) is 1.62. The molecule has 0 saturated carbocycles. The van der Waals surface area contributed by atoms with Gasteiger partial charge in [0.15, 0.2) is 23.0 Å². The van der Waals surface area contributed by atoms with Gasteiger partial charge in [0.2, 0.25) is 0 Å². The first-order chi connectivity index (χ1) is 9.45. The molecule has 0 unspecified atom stereocenters.